The number of carbonyl (C=O) groups is 1. The van der Waals surface area contributed by atoms with Gasteiger partial charge in [-0.15, -0.1) is 0 Å². The summed E-state index contributed by atoms with van der Waals surface area (Å²) in [6, 6.07) is 1.32. The number of nitrogens with one attached hydrogen (secondary N) is 1. The highest BCUT2D eigenvalue weighted by atomic mass is 16.5. The van der Waals surface area contributed by atoms with E-state index in [4.69, 9.17) is 10.5 Å². The van der Waals surface area contributed by atoms with Gasteiger partial charge in [-0.3, -0.25) is 9.48 Å². The number of carbonyl (C=O) groups excluding carboxylic acids is 1. The maximum absolute atomic E-state index is 11.4. The molecule has 16 heavy (non-hydrogen) atoms. The van der Waals surface area contributed by atoms with E-state index in [0.717, 1.165) is 12.1 Å². The van der Waals surface area contributed by atoms with Crippen molar-refractivity contribution in [3.63, 3.8) is 0 Å². The molecule has 0 radical (unpaired) electrons. The molecular weight excluding hydrogens is 208 g/mol. The van der Waals surface area contributed by atoms with E-state index < -0.39 is 6.04 Å². The number of methoxy groups -OCH3 is 1. The first kappa shape index (κ1) is 12.7. The van der Waals surface area contributed by atoms with Crippen LogP contribution in [0.25, 0.3) is 0 Å². The van der Waals surface area contributed by atoms with Gasteiger partial charge in [0.05, 0.1) is 6.61 Å². The fraction of sp³-hybridized carbons (Fsp3) is 0.600. The molecule has 1 aromatic heterocycles. The second kappa shape index (κ2) is 6.24. The molecule has 90 valence electrons. The molecule has 0 aliphatic heterocycles. The van der Waals surface area contributed by atoms with Crippen LogP contribution in [0.4, 0.5) is 0 Å². The van der Waals surface area contributed by atoms with Crippen molar-refractivity contribution in [2.45, 2.75) is 12.5 Å². The quantitative estimate of drug-likeness (QED) is 0.655. The van der Waals surface area contributed by atoms with E-state index in [2.05, 4.69) is 10.4 Å². The Balaban J connectivity index is 2.25. The fourth-order valence-electron chi connectivity index (χ4n) is 1.35. The summed E-state index contributed by atoms with van der Waals surface area (Å²) < 4.78 is 6.58. The Bertz CT molecular complexity index is 337. The van der Waals surface area contributed by atoms with E-state index in [1.807, 2.05) is 13.1 Å². The SMILES string of the molecule is COCC(N)C(=O)NCCc1ccnn1C. The molecule has 1 atom stereocenters. The molecule has 6 heteroatoms. The minimum absolute atomic E-state index is 0.191. The second-order valence-corrected chi connectivity index (χ2v) is 3.55. The van der Waals surface area contributed by atoms with Gasteiger partial charge < -0.3 is 15.8 Å². The molecule has 1 amide bonds. The Morgan fingerprint density at radius 2 is 2.50 bits per heavy atom. The van der Waals surface area contributed by atoms with Crippen LogP contribution in [-0.2, 0) is 23.0 Å². The highest BCUT2D eigenvalue weighted by molar-refractivity contribution is 5.81. The molecule has 3 N–H and O–H groups in total. The minimum atomic E-state index is -0.600. The van der Waals surface area contributed by atoms with Gasteiger partial charge in [-0.2, -0.15) is 5.10 Å². The number of hydrogen-bond donors (Lipinski definition) is 2. The first-order valence-electron chi connectivity index (χ1n) is 5.14. The van der Waals surface area contributed by atoms with E-state index in [1.165, 1.54) is 7.11 Å². The smallest absolute Gasteiger partial charge is 0.239 e. The first-order chi connectivity index (χ1) is 7.65. The molecule has 0 bridgehead atoms. The predicted octanol–water partition coefficient (Wildman–Crippen LogP) is -0.947. The van der Waals surface area contributed by atoms with Gasteiger partial charge in [-0.05, 0) is 6.07 Å². The van der Waals surface area contributed by atoms with Crippen molar-refractivity contribution in [3.8, 4) is 0 Å². The third kappa shape index (κ3) is 3.63. The van der Waals surface area contributed by atoms with Crippen LogP contribution in [0.3, 0.4) is 0 Å². The Morgan fingerprint density at radius 3 is 3.06 bits per heavy atom. The summed E-state index contributed by atoms with van der Waals surface area (Å²) in [4.78, 5) is 11.4. The lowest BCUT2D eigenvalue weighted by Gasteiger charge is -2.11. The Morgan fingerprint density at radius 1 is 1.75 bits per heavy atom. The van der Waals surface area contributed by atoms with Crippen molar-refractivity contribution in [2.24, 2.45) is 12.8 Å². The summed E-state index contributed by atoms with van der Waals surface area (Å²) in [5.41, 5.74) is 6.63. The molecule has 0 spiro atoms. The summed E-state index contributed by atoms with van der Waals surface area (Å²) in [5, 5.41) is 6.79. The lowest BCUT2D eigenvalue weighted by atomic mass is 10.2. The van der Waals surface area contributed by atoms with Gasteiger partial charge in [0.25, 0.3) is 0 Å². The van der Waals surface area contributed by atoms with Crippen LogP contribution in [0.1, 0.15) is 5.69 Å². The maximum Gasteiger partial charge on any atom is 0.239 e. The standard InChI is InChI=1S/C10H18N4O2/c1-14-8(4-6-13-14)3-5-12-10(15)9(11)7-16-2/h4,6,9H,3,5,7,11H2,1-2H3,(H,12,15). The normalized spacial score (nSPS) is 12.4. The van der Waals surface area contributed by atoms with Gasteiger partial charge in [-0.1, -0.05) is 0 Å². The summed E-state index contributed by atoms with van der Waals surface area (Å²) in [6.45, 7) is 0.785. The molecule has 0 saturated carbocycles. The number of nitrogens with zero attached hydrogens (tertiary/aromatic N) is 2. The first-order valence-corrected chi connectivity index (χ1v) is 5.14. The van der Waals surface area contributed by atoms with Crippen LogP contribution in [-0.4, -0.2) is 42.0 Å². The molecule has 0 aliphatic rings. The van der Waals surface area contributed by atoms with Gasteiger partial charge >= 0.3 is 0 Å². The summed E-state index contributed by atoms with van der Waals surface area (Å²) in [5.74, 6) is -0.191. The zero-order chi connectivity index (χ0) is 12.0. The monoisotopic (exact) mass is 226 g/mol. The number of aromatic nitrogens is 2. The van der Waals surface area contributed by atoms with E-state index in [0.29, 0.717) is 6.54 Å². The van der Waals surface area contributed by atoms with E-state index >= 15 is 0 Å². The Labute approximate surface area is 94.8 Å². The number of ether oxygens (including phenoxy) is 1. The van der Waals surface area contributed by atoms with Crippen molar-refractivity contribution >= 4 is 5.91 Å². The van der Waals surface area contributed by atoms with Gasteiger partial charge in [-0.25, -0.2) is 0 Å². The summed E-state index contributed by atoms with van der Waals surface area (Å²) in [6.07, 6.45) is 2.47. The highest BCUT2D eigenvalue weighted by Gasteiger charge is 2.11. The van der Waals surface area contributed by atoms with Gasteiger partial charge in [0.1, 0.15) is 6.04 Å². The number of nitrogens with two attached hydrogens (primary N) is 1. The zero-order valence-electron chi connectivity index (χ0n) is 9.64. The lowest BCUT2D eigenvalue weighted by molar-refractivity contribution is -0.123. The minimum Gasteiger partial charge on any atom is -0.383 e. The largest absolute Gasteiger partial charge is 0.383 e. The molecule has 0 fully saturated rings. The average molecular weight is 226 g/mol. The van der Waals surface area contributed by atoms with Crippen LogP contribution >= 0.6 is 0 Å². The molecule has 0 saturated heterocycles. The van der Waals surface area contributed by atoms with Crippen LogP contribution in [0.15, 0.2) is 12.3 Å². The van der Waals surface area contributed by atoms with Crippen LogP contribution in [0.2, 0.25) is 0 Å². The zero-order valence-corrected chi connectivity index (χ0v) is 9.64. The predicted molar refractivity (Wildman–Crippen MR) is 59.8 cm³/mol. The Hall–Kier alpha value is -1.40. The number of hydrogen-bond acceptors (Lipinski definition) is 4. The van der Waals surface area contributed by atoms with Gasteiger partial charge in [0.2, 0.25) is 5.91 Å². The second-order valence-electron chi connectivity index (χ2n) is 3.55. The van der Waals surface area contributed by atoms with Crippen molar-refractivity contribution in [1.82, 2.24) is 15.1 Å². The van der Waals surface area contributed by atoms with Crippen LogP contribution < -0.4 is 11.1 Å². The molecule has 6 nitrogen and oxygen atoms in total. The molecule has 1 aromatic rings. The van der Waals surface area contributed by atoms with E-state index in [9.17, 15) is 4.79 Å². The molecule has 0 aliphatic carbocycles. The van der Waals surface area contributed by atoms with Crippen molar-refractivity contribution < 1.29 is 9.53 Å². The molecule has 1 rings (SSSR count). The summed E-state index contributed by atoms with van der Waals surface area (Å²) >= 11 is 0. The molecule has 1 heterocycles. The highest BCUT2D eigenvalue weighted by Crippen LogP contribution is 1.96. The van der Waals surface area contributed by atoms with E-state index in [-0.39, 0.29) is 12.5 Å². The number of rotatable bonds is 6. The number of aryl methyl sites for hydroxylation is 1. The van der Waals surface area contributed by atoms with E-state index in [1.54, 1.807) is 10.9 Å². The lowest BCUT2D eigenvalue weighted by Crippen LogP contribution is -2.44. The average Bonchev–Trinajstić information content (AvgIpc) is 2.65. The third-order valence-electron chi connectivity index (χ3n) is 2.29. The topological polar surface area (TPSA) is 82.2 Å². The van der Waals surface area contributed by atoms with Gasteiger partial charge in [0, 0.05) is 39.0 Å². The maximum atomic E-state index is 11.4. The van der Waals surface area contributed by atoms with Crippen LogP contribution in [0, 0.1) is 0 Å². The Kier molecular flexibility index (Phi) is 4.94. The fourth-order valence-corrected chi connectivity index (χ4v) is 1.35. The van der Waals surface area contributed by atoms with Crippen LogP contribution in [0.5, 0.6) is 0 Å². The van der Waals surface area contributed by atoms with Crippen molar-refractivity contribution in [2.75, 3.05) is 20.3 Å². The molecule has 0 aromatic carbocycles. The summed E-state index contributed by atoms with van der Waals surface area (Å²) in [7, 11) is 3.39. The molecule has 1 unspecified atom stereocenters. The third-order valence-corrected chi connectivity index (χ3v) is 2.29. The van der Waals surface area contributed by atoms with Gasteiger partial charge in [0.15, 0.2) is 0 Å². The van der Waals surface area contributed by atoms with Crippen molar-refractivity contribution in [1.29, 1.82) is 0 Å². The number of amides is 1. The molecular formula is C10H18N4O2. The van der Waals surface area contributed by atoms with Crippen molar-refractivity contribution in [3.05, 3.63) is 18.0 Å².